The zero-order valence-electron chi connectivity index (χ0n) is 8.79. The summed E-state index contributed by atoms with van der Waals surface area (Å²) in [6.07, 6.45) is 4.74. The molecule has 0 aliphatic carbocycles. The summed E-state index contributed by atoms with van der Waals surface area (Å²) in [5.74, 6) is 0.624. The van der Waals surface area contributed by atoms with Crippen molar-refractivity contribution in [2.24, 2.45) is 0 Å². The van der Waals surface area contributed by atoms with E-state index in [-0.39, 0.29) is 12.6 Å². The Labute approximate surface area is 92.8 Å². The highest BCUT2D eigenvalue weighted by molar-refractivity contribution is 5.28. The van der Waals surface area contributed by atoms with Crippen LogP contribution in [0.5, 0.6) is 11.8 Å². The van der Waals surface area contributed by atoms with Gasteiger partial charge in [-0.2, -0.15) is 0 Å². The fraction of sp³-hybridized carbons (Fsp3) is 0.182. The molecule has 2 heterocycles. The van der Waals surface area contributed by atoms with Crippen LogP contribution in [0.15, 0.2) is 30.7 Å². The predicted molar refractivity (Wildman–Crippen MR) is 57.0 cm³/mol. The topological polar surface area (TPSA) is 68.1 Å². The molecule has 0 aliphatic rings. The minimum Gasteiger partial charge on any atom is -0.422 e. The van der Waals surface area contributed by atoms with Gasteiger partial charge in [-0.05, 0) is 19.1 Å². The fourth-order valence-corrected chi connectivity index (χ4v) is 1.15. The lowest BCUT2D eigenvalue weighted by Crippen LogP contribution is -1.95. The van der Waals surface area contributed by atoms with Crippen molar-refractivity contribution in [1.82, 2.24) is 15.0 Å². The number of aliphatic hydroxyl groups is 1. The first-order valence-corrected chi connectivity index (χ1v) is 4.81. The van der Waals surface area contributed by atoms with Crippen molar-refractivity contribution >= 4 is 0 Å². The lowest BCUT2D eigenvalue weighted by atomic mass is 10.3. The second kappa shape index (κ2) is 4.67. The van der Waals surface area contributed by atoms with Gasteiger partial charge in [-0.15, -0.1) is 0 Å². The molecule has 2 aromatic heterocycles. The number of hydrogen-bond acceptors (Lipinski definition) is 5. The Hall–Kier alpha value is -2.01. The van der Waals surface area contributed by atoms with E-state index in [0.717, 1.165) is 5.69 Å². The Morgan fingerprint density at radius 1 is 1.25 bits per heavy atom. The van der Waals surface area contributed by atoms with Crippen molar-refractivity contribution < 1.29 is 9.84 Å². The molecule has 0 aliphatic heterocycles. The third-order valence-corrected chi connectivity index (χ3v) is 2.02. The van der Waals surface area contributed by atoms with Gasteiger partial charge in [-0.3, -0.25) is 4.98 Å². The summed E-state index contributed by atoms with van der Waals surface area (Å²) in [5, 5.41) is 8.83. The molecule has 0 atom stereocenters. The van der Waals surface area contributed by atoms with Crippen molar-refractivity contribution in [1.29, 1.82) is 0 Å². The van der Waals surface area contributed by atoms with E-state index in [1.165, 1.54) is 12.4 Å². The Kier molecular flexibility index (Phi) is 3.07. The third-order valence-electron chi connectivity index (χ3n) is 2.02. The highest BCUT2D eigenvalue weighted by Crippen LogP contribution is 2.19. The van der Waals surface area contributed by atoms with E-state index < -0.39 is 0 Å². The molecule has 0 amide bonds. The van der Waals surface area contributed by atoms with Crippen LogP contribution in [0.3, 0.4) is 0 Å². The first kappa shape index (κ1) is 10.5. The molecular weight excluding hydrogens is 206 g/mol. The van der Waals surface area contributed by atoms with E-state index in [1.807, 2.05) is 6.92 Å². The number of ether oxygens (including phenoxy) is 1. The second-order valence-electron chi connectivity index (χ2n) is 3.22. The number of aliphatic hydroxyl groups excluding tert-OH is 1. The molecule has 0 spiro atoms. The van der Waals surface area contributed by atoms with Crippen molar-refractivity contribution in [3.63, 3.8) is 0 Å². The molecule has 5 nitrogen and oxygen atoms in total. The van der Waals surface area contributed by atoms with Crippen LogP contribution < -0.4 is 4.74 Å². The molecule has 1 N–H and O–H groups in total. The summed E-state index contributed by atoms with van der Waals surface area (Å²) in [7, 11) is 0. The maximum Gasteiger partial charge on any atom is 0.321 e. The number of pyridine rings is 1. The Bertz CT molecular complexity index is 471. The molecule has 2 aromatic rings. The SMILES string of the molecule is Cc1ncccc1Oc1ncc(CO)cn1. The lowest BCUT2D eigenvalue weighted by molar-refractivity contribution is 0.280. The molecule has 5 heteroatoms. The number of aryl methyl sites for hydroxylation is 1. The van der Waals surface area contributed by atoms with Crippen molar-refractivity contribution in [3.05, 3.63) is 42.0 Å². The lowest BCUT2D eigenvalue weighted by Gasteiger charge is -2.05. The molecule has 2 rings (SSSR count). The highest BCUT2D eigenvalue weighted by atomic mass is 16.5. The molecule has 82 valence electrons. The maximum absolute atomic E-state index is 8.83. The average molecular weight is 217 g/mol. The molecular formula is C11H11N3O2. The average Bonchev–Trinajstić information content (AvgIpc) is 2.33. The molecule has 0 saturated carbocycles. The fourth-order valence-electron chi connectivity index (χ4n) is 1.15. The van der Waals surface area contributed by atoms with E-state index in [0.29, 0.717) is 11.3 Å². The monoisotopic (exact) mass is 217 g/mol. The number of aromatic nitrogens is 3. The summed E-state index contributed by atoms with van der Waals surface area (Å²) in [6.45, 7) is 1.77. The summed E-state index contributed by atoms with van der Waals surface area (Å²) >= 11 is 0. The second-order valence-corrected chi connectivity index (χ2v) is 3.22. The Morgan fingerprint density at radius 2 is 2.00 bits per heavy atom. The minimum absolute atomic E-state index is 0.0772. The molecule has 0 aromatic carbocycles. The van der Waals surface area contributed by atoms with Gasteiger partial charge in [0.25, 0.3) is 0 Å². The molecule has 0 fully saturated rings. The summed E-state index contributed by atoms with van der Waals surface area (Å²) < 4.78 is 5.44. The van der Waals surface area contributed by atoms with E-state index in [1.54, 1.807) is 18.3 Å². The van der Waals surface area contributed by atoms with Crippen LogP contribution in [0.25, 0.3) is 0 Å². The maximum atomic E-state index is 8.83. The van der Waals surface area contributed by atoms with Crippen LogP contribution in [-0.4, -0.2) is 20.1 Å². The van der Waals surface area contributed by atoms with E-state index >= 15 is 0 Å². The standard InChI is InChI=1S/C11H11N3O2/c1-8-10(3-2-4-12-8)16-11-13-5-9(7-15)6-14-11/h2-6,15H,7H2,1H3. The Balaban J connectivity index is 2.18. The van der Waals surface area contributed by atoms with Crippen molar-refractivity contribution in [3.8, 4) is 11.8 Å². The van der Waals surface area contributed by atoms with Crippen LogP contribution in [0.1, 0.15) is 11.3 Å². The molecule has 16 heavy (non-hydrogen) atoms. The molecule has 0 unspecified atom stereocenters. The summed E-state index contributed by atoms with van der Waals surface area (Å²) in [6, 6.07) is 3.82. The Morgan fingerprint density at radius 3 is 2.62 bits per heavy atom. The van der Waals surface area contributed by atoms with Gasteiger partial charge in [0.1, 0.15) is 0 Å². The smallest absolute Gasteiger partial charge is 0.321 e. The van der Waals surface area contributed by atoms with Gasteiger partial charge in [0.15, 0.2) is 5.75 Å². The largest absolute Gasteiger partial charge is 0.422 e. The first-order chi connectivity index (χ1) is 7.79. The van der Waals surface area contributed by atoms with Crippen LogP contribution in [-0.2, 0) is 6.61 Å². The van der Waals surface area contributed by atoms with Gasteiger partial charge in [0.05, 0.1) is 12.3 Å². The molecule has 0 radical (unpaired) electrons. The van der Waals surface area contributed by atoms with Gasteiger partial charge < -0.3 is 9.84 Å². The van der Waals surface area contributed by atoms with Gasteiger partial charge in [-0.25, -0.2) is 9.97 Å². The van der Waals surface area contributed by atoms with Gasteiger partial charge in [0, 0.05) is 24.2 Å². The predicted octanol–water partition coefficient (Wildman–Crippen LogP) is 1.46. The normalized spacial score (nSPS) is 10.1. The van der Waals surface area contributed by atoms with Crippen LogP contribution in [0, 0.1) is 6.92 Å². The van der Waals surface area contributed by atoms with Gasteiger partial charge in [-0.1, -0.05) is 0 Å². The van der Waals surface area contributed by atoms with E-state index in [9.17, 15) is 0 Å². The van der Waals surface area contributed by atoms with E-state index in [4.69, 9.17) is 9.84 Å². The third kappa shape index (κ3) is 2.32. The van der Waals surface area contributed by atoms with Crippen LogP contribution in [0.2, 0.25) is 0 Å². The van der Waals surface area contributed by atoms with E-state index in [2.05, 4.69) is 15.0 Å². The quantitative estimate of drug-likeness (QED) is 0.843. The first-order valence-electron chi connectivity index (χ1n) is 4.81. The van der Waals surface area contributed by atoms with Crippen molar-refractivity contribution in [2.45, 2.75) is 13.5 Å². The minimum atomic E-state index is -0.0772. The highest BCUT2D eigenvalue weighted by Gasteiger charge is 2.03. The number of rotatable bonds is 3. The van der Waals surface area contributed by atoms with Crippen LogP contribution >= 0.6 is 0 Å². The molecule has 0 saturated heterocycles. The van der Waals surface area contributed by atoms with Crippen LogP contribution in [0.4, 0.5) is 0 Å². The van der Waals surface area contributed by atoms with Gasteiger partial charge >= 0.3 is 6.01 Å². The molecule has 0 bridgehead atoms. The number of hydrogen-bond donors (Lipinski definition) is 1. The van der Waals surface area contributed by atoms with Crippen molar-refractivity contribution in [2.75, 3.05) is 0 Å². The zero-order chi connectivity index (χ0) is 11.4. The number of nitrogens with zero attached hydrogens (tertiary/aromatic N) is 3. The summed E-state index contributed by atoms with van der Waals surface area (Å²) in [5.41, 5.74) is 1.42. The summed E-state index contributed by atoms with van der Waals surface area (Å²) in [4.78, 5) is 12.0. The zero-order valence-corrected chi connectivity index (χ0v) is 8.79. The van der Waals surface area contributed by atoms with Gasteiger partial charge in [0.2, 0.25) is 0 Å².